The highest BCUT2D eigenvalue weighted by Gasteiger charge is 2.31. The Morgan fingerprint density at radius 3 is 2.30 bits per heavy atom. The summed E-state index contributed by atoms with van der Waals surface area (Å²) in [5.74, 6) is -1.42. The monoisotopic (exact) mass is 573 g/mol. The number of nitrogens with zero attached hydrogens (tertiary/aromatic N) is 2. The van der Waals surface area contributed by atoms with Crippen LogP contribution in [-0.2, 0) is 30.9 Å². The number of aliphatic carboxylic acids is 1. The number of likely N-dealkylation sites (N-methyl/N-ethyl adjacent to an activating group) is 2. The number of para-hydroxylation sites is 1. The number of nitrogens with one attached hydrogen (secondary N) is 1. The Kier molecular flexibility index (Phi) is 10.8. The first-order valence-electron chi connectivity index (χ1n) is 12.6. The summed E-state index contributed by atoms with van der Waals surface area (Å²) in [6.45, 7) is 1.38. The fraction of sp³-hybridized carbons (Fsp3) is 0.357. The van der Waals surface area contributed by atoms with Gasteiger partial charge in [-0.1, -0.05) is 42.5 Å². The van der Waals surface area contributed by atoms with Gasteiger partial charge in [0.25, 0.3) is 5.91 Å². The normalized spacial score (nSPS) is 12.3. The van der Waals surface area contributed by atoms with Crippen LogP contribution in [0.4, 0.5) is 0 Å². The molecule has 216 valence electrons. The van der Waals surface area contributed by atoms with Gasteiger partial charge in [-0.05, 0) is 43.1 Å². The van der Waals surface area contributed by atoms with E-state index >= 15 is 0 Å². The van der Waals surface area contributed by atoms with Crippen LogP contribution in [0.2, 0.25) is 0 Å². The summed E-state index contributed by atoms with van der Waals surface area (Å²) in [7, 11) is 2.05. The number of hydrogen-bond donors (Lipinski definition) is 2. The standard InChI is InChI=1S/C28H35N3O8S/c1-30(2)16-18-39-24-14-13-20-9-5-6-10-21(20)22(24)15-17-38-25-11-7-8-12-26(25)40(35,36)29-23(19-27(32)33)28(34)31(3)37-4/h5-14,23,29H,15-19H2,1-4H3,(H,32,33). The molecule has 0 radical (unpaired) electrons. The van der Waals surface area contributed by atoms with Gasteiger partial charge < -0.3 is 19.5 Å². The lowest BCUT2D eigenvalue weighted by Gasteiger charge is -2.22. The molecule has 0 aliphatic heterocycles. The molecule has 0 spiro atoms. The van der Waals surface area contributed by atoms with Gasteiger partial charge in [0, 0.05) is 25.6 Å². The number of fused-ring (bicyclic) bond motifs is 1. The summed E-state index contributed by atoms with van der Waals surface area (Å²) in [6, 6.07) is 16.2. The van der Waals surface area contributed by atoms with E-state index in [9.17, 15) is 23.1 Å². The molecule has 3 aromatic rings. The molecule has 3 aromatic carbocycles. The molecule has 12 heteroatoms. The Morgan fingerprint density at radius 1 is 0.925 bits per heavy atom. The second-order valence-electron chi connectivity index (χ2n) is 9.25. The van der Waals surface area contributed by atoms with Crippen molar-refractivity contribution in [1.82, 2.24) is 14.7 Å². The van der Waals surface area contributed by atoms with Crippen molar-refractivity contribution in [2.75, 3.05) is 48.0 Å². The average molecular weight is 574 g/mol. The van der Waals surface area contributed by atoms with Crippen LogP contribution in [-0.4, -0.2) is 89.4 Å². The molecular weight excluding hydrogens is 538 g/mol. The van der Waals surface area contributed by atoms with Crippen LogP contribution >= 0.6 is 0 Å². The summed E-state index contributed by atoms with van der Waals surface area (Å²) in [5.41, 5.74) is 0.935. The lowest BCUT2D eigenvalue weighted by atomic mass is 10.0. The number of carboxylic acids is 1. The highest BCUT2D eigenvalue weighted by atomic mass is 32.2. The first-order valence-corrected chi connectivity index (χ1v) is 14.1. The average Bonchev–Trinajstić information content (AvgIpc) is 2.92. The van der Waals surface area contributed by atoms with E-state index in [4.69, 9.17) is 14.3 Å². The summed E-state index contributed by atoms with van der Waals surface area (Å²) >= 11 is 0. The van der Waals surface area contributed by atoms with E-state index in [0.717, 1.165) is 33.7 Å². The number of ether oxygens (including phenoxy) is 2. The van der Waals surface area contributed by atoms with Crippen molar-refractivity contribution in [2.45, 2.75) is 23.8 Å². The number of benzene rings is 3. The van der Waals surface area contributed by atoms with Gasteiger partial charge in [0.15, 0.2) is 0 Å². The predicted molar refractivity (Wildman–Crippen MR) is 150 cm³/mol. The molecular formula is C28H35N3O8S. The maximum atomic E-state index is 13.3. The van der Waals surface area contributed by atoms with E-state index in [1.54, 1.807) is 6.07 Å². The van der Waals surface area contributed by atoms with Gasteiger partial charge in [0.05, 0.1) is 20.1 Å². The minimum Gasteiger partial charge on any atom is -0.492 e. The molecule has 0 aliphatic carbocycles. The van der Waals surface area contributed by atoms with Crippen molar-refractivity contribution in [3.8, 4) is 11.5 Å². The molecule has 0 heterocycles. The highest BCUT2D eigenvalue weighted by molar-refractivity contribution is 7.89. The quantitative estimate of drug-likeness (QED) is 0.263. The Bertz CT molecular complexity index is 1430. The second kappa shape index (κ2) is 14.1. The van der Waals surface area contributed by atoms with Gasteiger partial charge in [-0.25, -0.2) is 13.5 Å². The molecule has 2 N–H and O–H groups in total. The Morgan fingerprint density at radius 2 is 1.60 bits per heavy atom. The number of amides is 1. The minimum absolute atomic E-state index is 0.0620. The van der Waals surface area contributed by atoms with Crippen molar-refractivity contribution < 1.29 is 37.4 Å². The fourth-order valence-electron chi connectivity index (χ4n) is 4.02. The largest absolute Gasteiger partial charge is 0.492 e. The topological polar surface area (TPSA) is 135 Å². The van der Waals surface area contributed by atoms with Gasteiger partial charge in [-0.15, -0.1) is 0 Å². The fourth-order valence-corrected chi connectivity index (χ4v) is 5.35. The number of hydrogen-bond acceptors (Lipinski definition) is 8. The van der Waals surface area contributed by atoms with E-state index in [1.165, 1.54) is 32.4 Å². The number of rotatable bonds is 15. The van der Waals surface area contributed by atoms with Crippen LogP contribution in [0.15, 0.2) is 65.6 Å². The Labute approximate surface area is 234 Å². The van der Waals surface area contributed by atoms with Crippen LogP contribution in [0.25, 0.3) is 10.8 Å². The number of carboxylic acid groups (broad SMARTS) is 1. The number of sulfonamides is 1. The molecule has 1 unspecified atom stereocenters. The van der Waals surface area contributed by atoms with Crippen LogP contribution in [0, 0.1) is 0 Å². The van der Waals surface area contributed by atoms with E-state index in [-0.39, 0.29) is 17.3 Å². The van der Waals surface area contributed by atoms with Crippen molar-refractivity contribution in [3.63, 3.8) is 0 Å². The van der Waals surface area contributed by atoms with Gasteiger partial charge in [0.1, 0.15) is 29.0 Å². The lowest BCUT2D eigenvalue weighted by Crippen LogP contribution is -2.48. The molecule has 0 saturated heterocycles. The Balaban J connectivity index is 1.82. The van der Waals surface area contributed by atoms with Gasteiger partial charge >= 0.3 is 5.97 Å². The SMILES string of the molecule is CON(C)C(=O)C(CC(=O)O)NS(=O)(=O)c1ccccc1OCCc1c(OCCN(C)C)ccc2ccccc12. The second-order valence-corrected chi connectivity index (χ2v) is 10.9. The van der Waals surface area contributed by atoms with Crippen LogP contribution in [0.5, 0.6) is 11.5 Å². The summed E-state index contributed by atoms with van der Waals surface area (Å²) in [6.07, 6.45) is -0.342. The highest BCUT2D eigenvalue weighted by Crippen LogP contribution is 2.30. The zero-order valence-electron chi connectivity index (χ0n) is 23.0. The summed E-state index contributed by atoms with van der Waals surface area (Å²) in [4.78, 5) is 30.5. The van der Waals surface area contributed by atoms with E-state index in [2.05, 4.69) is 4.72 Å². The molecule has 0 aliphatic rings. The van der Waals surface area contributed by atoms with Crippen LogP contribution < -0.4 is 14.2 Å². The van der Waals surface area contributed by atoms with E-state index < -0.39 is 34.4 Å². The third-order valence-corrected chi connectivity index (χ3v) is 7.61. The molecule has 1 atom stereocenters. The van der Waals surface area contributed by atoms with Crippen molar-refractivity contribution in [2.24, 2.45) is 0 Å². The van der Waals surface area contributed by atoms with Crippen molar-refractivity contribution >= 4 is 32.7 Å². The number of carbonyl (C=O) groups is 2. The van der Waals surface area contributed by atoms with Gasteiger partial charge in [0.2, 0.25) is 10.0 Å². The molecule has 40 heavy (non-hydrogen) atoms. The van der Waals surface area contributed by atoms with Crippen molar-refractivity contribution in [3.05, 3.63) is 66.2 Å². The molecule has 3 rings (SSSR count). The third kappa shape index (κ3) is 8.15. The van der Waals surface area contributed by atoms with Crippen molar-refractivity contribution in [1.29, 1.82) is 0 Å². The molecule has 1 amide bonds. The third-order valence-electron chi connectivity index (χ3n) is 6.10. The molecule has 0 aromatic heterocycles. The molecule has 0 fully saturated rings. The van der Waals surface area contributed by atoms with E-state index in [1.807, 2.05) is 55.4 Å². The molecule has 0 saturated carbocycles. The Hall–Kier alpha value is -3.71. The lowest BCUT2D eigenvalue weighted by molar-refractivity contribution is -0.171. The maximum absolute atomic E-state index is 13.3. The summed E-state index contributed by atoms with van der Waals surface area (Å²) < 4.78 is 40.8. The van der Waals surface area contributed by atoms with Gasteiger partial charge in [-0.3, -0.25) is 14.4 Å². The maximum Gasteiger partial charge on any atom is 0.305 e. The van der Waals surface area contributed by atoms with Crippen LogP contribution in [0.3, 0.4) is 0 Å². The van der Waals surface area contributed by atoms with Gasteiger partial charge in [-0.2, -0.15) is 4.72 Å². The smallest absolute Gasteiger partial charge is 0.305 e. The zero-order valence-corrected chi connectivity index (χ0v) is 23.8. The molecule has 0 bridgehead atoms. The summed E-state index contributed by atoms with van der Waals surface area (Å²) in [5, 5.41) is 12.0. The van der Waals surface area contributed by atoms with Crippen LogP contribution in [0.1, 0.15) is 12.0 Å². The number of carbonyl (C=O) groups excluding carboxylic acids is 1. The molecule has 11 nitrogen and oxygen atoms in total. The predicted octanol–water partition coefficient (Wildman–Crippen LogP) is 2.54. The zero-order chi connectivity index (χ0) is 29.3. The first-order chi connectivity index (χ1) is 19.0. The minimum atomic E-state index is -4.35. The number of hydroxylamine groups is 2. The van der Waals surface area contributed by atoms with E-state index in [0.29, 0.717) is 13.0 Å². The first kappa shape index (κ1) is 30.8.